The van der Waals surface area contributed by atoms with E-state index in [9.17, 15) is 0 Å². The number of hydrogen-bond acceptors (Lipinski definition) is 5. The van der Waals surface area contributed by atoms with Gasteiger partial charge in [0.05, 0.1) is 7.11 Å². The molecule has 0 aliphatic rings. The molecule has 2 N–H and O–H groups in total. The van der Waals surface area contributed by atoms with E-state index in [0.29, 0.717) is 0 Å². The van der Waals surface area contributed by atoms with Crippen molar-refractivity contribution < 1.29 is 4.74 Å². The third-order valence-corrected chi connectivity index (χ3v) is 3.69. The van der Waals surface area contributed by atoms with E-state index in [0.717, 1.165) is 28.8 Å². The fraction of sp³-hybridized carbons (Fsp3) is 0.158. The zero-order valence-electron chi connectivity index (χ0n) is 14.0. The van der Waals surface area contributed by atoms with Crippen molar-refractivity contribution in [2.24, 2.45) is 0 Å². The fourth-order valence-electron chi connectivity index (χ4n) is 2.32. The molecule has 24 heavy (non-hydrogen) atoms. The Bertz CT molecular complexity index is 831. The van der Waals surface area contributed by atoms with Crippen LogP contribution >= 0.6 is 0 Å². The van der Waals surface area contributed by atoms with E-state index in [1.165, 1.54) is 11.1 Å². The number of methoxy groups -OCH3 is 1. The quantitative estimate of drug-likeness (QED) is 0.720. The van der Waals surface area contributed by atoms with Crippen molar-refractivity contribution in [3.63, 3.8) is 0 Å². The van der Waals surface area contributed by atoms with Crippen LogP contribution in [-0.2, 0) is 0 Å². The van der Waals surface area contributed by atoms with Crippen molar-refractivity contribution >= 4 is 23.0 Å². The van der Waals surface area contributed by atoms with Gasteiger partial charge in [0.1, 0.15) is 23.7 Å². The number of aryl methyl sites for hydroxylation is 2. The molecule has 3 aromatic rings. The number of nitrogens with zero attached hydrogens (tertiary/aromatic N) is 2. The molecule has 5 nitrogen and oxygen atoms in total. The lowest BCUT2D eigenvalue weighted by molar-refractivity contribution is 0.415. The van der Waals surface area contributed by atoms with Crippen molar-refractivity contribution in [3.05, 3.63) is 66.0 Å². The fourth-order valence-corrected chi connectivity index (χ4v) is 2.32. The molecule has 2 aromatic carbocycles. The molecule has 0 bridgehead atoms. The summed E-state index contributed by atoms with van der Waals surface area (Å²) in [6.45, 7) is 4.14. The first-order chi connectivity index (χ1) is 11.6. The molecule has 0 aliphatic carbocycles. The lowest BCUT2D eigenvalue weighted by atomic mass is 10.1. The first-order valence-electron chi connectivity index (χ1n) is 7.71. The molecule has 5 heteroatoms. The van der Waals surface area contributed by atoms with Crippen LogP contribution in [0.3, 0.4) is 0 Å². The number of hydrogen-bond donors (Lipinski definition) is 2. The van der Waals surface area contributed by atoms with E-state index in [1.54, 1.807) is 13.4 Å². The van der Waals surface area contributed by atoms with Gasteiger partial charge in [-0.05, 0) is 55.3 Å². The maximum atomic E-state index is 5.16. The van der Waals surface area contributed by atoms with Gasteiger partial charge in [0, 0.05) is 17.4 Å². The number of nitrogens with one attached hydrogen (secondary N) is 2. The SMILES string of the molecule is COc1ccc(Nc2cc(Nc3cc(C)ccc3C)ncn2)cc1. The van der Waals surface area contributed by atoms with Gasteiger partial charge in [-0.25, -0.2) is 9.97 Å². The van der Waals surface area contributed by atoms with Crippen LogP contribution in [0.2, 0.25) is 0 Å². The summed E-state index contributed by atoms with van der Waals surface area (Å²) < 4.78 is 5.16. The van der Waals surface area contributed by atoms with Crippen LogP contribution in [0.5, 0.6) is 5.75 Å². The zero-order chi connectivity index (χ0) is 16.9. The summed E-state index contributed by atoms with van der Waals surface area (Å²) in [5.74, 6) is 2.29. The second-order valence-corrected chi connectivity index (χ2v) is 5.59. The number of benzene rings is 2. The Morgan fingerprint density at radius 1 is 0.833 bits per heavy atom. The first kappa shape index (κ1) is 15.8. The van der Waals surface area contributed by atoms with Crippen LogP contribution < -0.4 is 15.4 Å². The monoisotopic (exact) mass is 320 g/mol. The molecule has 0 atom stereocenters. The number of rotatable bonds is 5. The lowest BCUT2D eigenvalue weighted by Gasteiger charge is -2.11. The molecule has 1 aromatic heterocycles. The molecule has 0 amide bonds. The van der Waals surface area contributed by atoms with Crippen molar-refractivity contribution in [2.75, 3.05) is 17.7 Å². The highest BCUT2D eigenvalue weighted by Crippen LogP contribution is 2.23. The summed E-state index contributed by atoms with van der Waals surface area (Å²) in [6.07, 6.45) is 1.54. The Labute approximate surface area is 141 Å². The predicted molar refractivity (Wildman–Crippen MR) is 97.5 cm³/mol. The van der Waals surface area contributed by atoms with Gasteiger partial charge >= 0.3 is 0 Å². The van der Waals surface area contributed by atoms with E-state index >= 15 is 0 Å². The average molecular weight is 320 g/mol. The zero-order valence-corrected chi connectivity index (χ0v) is 14.0. The highest BCUT2D eigenvalue weighted by Gasteiger charge is 2.03. The molecule has 0 saturated carbocycles. The van der Waals surface area contributed by atoms with Crippen molar-refractivity contribution in [1.82, 2.24) is 9.97 Å². The van der Waals surface area contributed by atoms with Crippen LogP contribution in [0.15, 0.2) is 54.9 Å². The highest BCUT2D eigenvalue weighted by molar-refractivity contribution is 5.65. The summed E-state index contributed by atoms with van der Waals surface area (Å²) >= 11 is 0. The third-order valence-electron chi connectivity index (χ3n) is 3.69. The molecule has 0 radical (unpaired) electrons. The maximum Gasteiger partial charge on any atom is 0.135 e. The van der Waals surface area contributed by atoms with E-state index in [1.807, 2.05) is 30.3 Å². The molecule has 3 rings (SSSR count). The van der Waals surface area contributed by atoms with E-state index in [4.69, 9.17) is 4.74 Å². The molecule has 1 heterocycles. The molecule has 122 valence electrons. The summed E-state index contributed by atoms with van der Waals surface area (Å²) in [4.78, 5) is 8.56. The molecule has 0 fully saturated rings. The molecular weight excluding hydrogens is 300 g/mol. The smallest absolute Gasteiger partial charge is 0.135 e. The van der Waals surface area contributed by atoms with Gasteiger partial charge in [0.2, 0.25) is 0 Å². The topological polar surface area (TPSA) is 59.1 Å². The Hall–Kier alpha value is -3.08. The number of aromatic nitrogens is 2. The Balaban J connectivity index is 1.77. The largest absolute Gasteiger partial charge is 0.497 e. The van der Waals surface area contributed by atoms with Gasteiger partial charge in [-0.15, -0.1) is 0 Å². The van der Waals surface area contributed by atoms with Crippen LogP contribution in [0, 0.1) is 13.8 Å². The van der Waals surface area contributed by atoms with Crippen molar-refractivity contribution in [2.45, 2.75) is 13.8 Å². The summed E-state index contributed by atoms with van der Waals surface area (Å²) in [5, 5.41) is 6.61. The molecule has 0 unspecified atom stereocenters. The number of ether oxygens (including phenoxy) is 1. The molecule has 0 saturated heterocycles. The summed E-state index contributed by atoms with van der Waals surface area (Å²) in [5.41, 5.74) is 4.36. The minimum Gasteiger partial charge on any atom is -0.497 e. The highest BCUT2D eigenvalue weighted by atomic mass is 16.5. The number of anilines is 4. The predicted octanol–water partition coefficient (Wildman–Crippen LogP) is 4.59. The molecule has 0 aliphatic heterocycles. The summed E-state index contributed by atoms with van der Waals surface area (Å²) in [6, 6.07) is 15.9. The van der Waals surface area contributed by atoms with Gasteiger partial charge in [0.15, 0.2) is 0 Å². The van der Waals surface area contributed by atoms with Gasteiger partial charge < -0.3 is 15.4 Å². The van der Waals surface area contributed by atoms with Gasteiger partial charge in [-0.2, -0.15) is 0 Å². The minimum absolute atomic E-state index is 0.725. The standard InChI is InChI=1S/C19H20N4O/c1-13-4-5-14(2)17(10-13)23-19-11-18(20-12-21-19)22-15-6-8-16(24-3)9-7-15/h4-12H,1-3H3,(H2,20,21,22,23). The first-order valence-corrected chi connectivity index (χ1v) is 7.71. The van der Waals surface area contributed by atoms with Gasteiger partial charge in [-0.3, -0.25) is 0 Å². The van der Waals surface area contributed by atoms with Gasteiger partial charge in [0.25, 0.3) is 0 Å². The Morgan fingerprint density at radius 3 is 2.25 bits per heavy atom. The van der Waals surface area contributed by atoms with E-state index < -0.39 is 0 Å². The normalized spacial score (nSPS) is 10.3. The van der Waals surface area contributed by atoms with Crippen LogP contribution in [0.25, 0.3) is 0 Å². The Kier molecular flexibility index (Phi) is 4.61. The minimum atomic E-state index is 0.725. The van der Waals surface area contributed by atoms with E-state index in [2.05, 4.69) is 52.6 Å². The third kappa shape index (κ3) is 3.81. The summed E-state index contributed by atoms with van der Waals surface area (Å²) in [7, 11) is 1.65. The second kappa shape index (κ2) is 7.00. The lowest BCUT2D eigenvalue weighted by Crippen LogP contribution is -1.99. The van der Waals surface area contributed by atoms with Crippen molar-refractivity contribution in [3.8, 4) is 5.75 Å². The van der Waals surface area contributed by atoms with Crippen molar-refractivity contribution in [1.29, 1.82) is 0 Å². The van der Waals surface area contributed by atoms with Crippen LogP contribution in [-0.4, -0.2) is 17.1 Å². The average Bonchev–Trinajstić information content (AvgIpc) is 2.59. The maximum absolute atomic E-state index is 5.16. The molecule has 0 spiro atoms. The van der Waals surface area contributed by atoms with Gasteiger partial charge in [-0.1, -0.05) is 12.1 Å². The Morgan fingerprint density at radius 2 is 1.54 bits per heavy atom. The van der Waals surface area contributed by atoms with Crippen LogP contribution in [0.4, 0.5) is 23.0 Å². The second-order valence-electron chi connectivity index (χ2n) is 5.59. The van der Waals surface area contributed by atoms with Crippen LogP contribution in [0.1, 0.15) is 11.1 Å². The molecular formula is C19H20N4O. The van der Waals surface area contributed by atoms with E-state index in [-0.39, 0.29) is 0 Å².